The van der Waals surface area contributed by atoms with Crippen molar-refractivity contribution < 1.29 is 13.2 Å². The summed E-state index contributed by atoms with van der Waals surface area (Å²) in [5.41, 5.74) is 0. The van der Waals surface area contributed by atoms with Crippen molar-refractivity contribution in [3.8, 4) is 0 Å². The maximum absolute atomic E-state index is 11.4. The minimum absolute atomic E-state index is 0.281. The van der Waals surface area contributed by atoms with Crippen LogP contribution in [0.5, 0.6) is 0 Å². The van der Waals surface area contributed by atoms with E-state index in [9.17, 15) is 3.89 Å². The molecule has 0 bridgehead atoms. The van der Waals surface area contributed by atoms with Crippen LogP contribution in [-0.2, 0) is 9.32 Å². The first kappa shape index (κ1) is 9.21. The van der Waals surface area contributed by atoms with Crippen molar-refractivity contribution in [2.75, 3.05) is 33.2 Å². The molecule has 0 atom stereocenters. The van der Waals surface area contributed by atoms with E-state index in [-0.39, 0.29) is 12.4 Å². The molecule has 0 unspecified atom stereocenters. The lowest BCUT2D eigenvalue weighted by Gasteiger charge is -2.29. The molecule has 1 aliphatic rings. The molecule has 0 aliphatic carbocycles. The van der Waals surface area contributed by atoms with E-state index in [0.717, 1.165) is 26.2 Å². The molecule has 1 saturated heterocycles. The Hall–Kier alpha value is 0.120. The second-order valence-electron chi connectivity index (χ2n) is 2.44. The highest BCUT2D eigenvalue weighted by atomic mass is 32.2. The first-order valence-corrected chi connectivity index (χ1v) is 4.02. The summed E-state index contributed by atoms with van der Waals surface area (Å²) in [5, 5.41) is 1.59. The summed E-state index contributed by atoms with van der Waals surface area (Å²) >= 11 is -0.281. The predicted molar refractivity (Wildman–Crippen MR) is 39.9 cm³/mol. The van der Waals surface area contributed by atoms with Gasteiger partial charge in [0.1, 0.15) is 0 Å². The number of rotatable bonds is 3. The van der Waals surface area contributed by atoms with Gasteiger partial charge in [-0.1, -0.05) is 0 Å². The van der Waals surface area contributed by atoms with Crippen molar-refractivity contribution in [2.24, 2.45) is 0 Å². The SMILES string of the molecule is CN1CCN(OOSF)CC1. The quantitative estimate of drug-likeness (QED) is 0.362. The normalized spacial score (nSPS) is 22.4. The summed E-state index contributed by atoms with van der Waals surface area (Å²) in [5.74, 6) is 0. The smallest absolute Gasteiger partial charge is 0.243 e. The van der Waals surface area contributed by atoms with Gasteiger partial charge >= 0.3 is 0 Å². The summed E-state index contributed by atoms with van der Waals surface area (Å²) < 4.78 is 15.4. The highest BCUT2D eigenvalue weighted by Crippen LogP contribution is 2.07. The van der Waals surface area contributed by atoms with Crippen molar-refractivity contribution in [1.29, 1.82) is 0 Å². The average Bonchev–Trinajstić information content (AvgIpc) is 2.04. The molecule has 1 aliphatic heterocycles. The monoisotopic (exact) mass is 182 g/mol. The molecule has 0 radical (unpaired) electrons. The topological polar surface area (TPSA) is 24.9 Å². The van der Waals surface area contributed by atoms with E-state index < -0.39 is 0 Å². The Morgan fingerprint density at radius 3 is 2.45 bits per heavy atom. The maximum atomic E-state index is 11.4. The largest absolute Gasteiger partial charge is 0.304 e. The minimum atomic E-state index is -0.281. The number of piperazine rings is 1. The summed E-state index contributed by atoms with van der Waals surface area (Å²) in [6.07, 6.45) is 0. The van der Waals surface area contributed by atoms with Crippen molar-refractivity contribution in [2.45, 2.75) is 0 Å². The van der Waals surface area contributed by atoms with Gasteiger partial charge in [-0.25, -0.2) is 0 Å². The summed E-state index contributed by atoms with van der Waals surface area (Å²) in [6, 6.07) is 0. The first-order chi connectivity index (χ1) is 5.33. The van der Waals surface area contributed by atoms with Gasteiger partial charge in [0, 0.05) is 26.2 Å². The lowest BCUT2D eigenvalue weighted by molar-refractivity contribution is -0.366. The molecule has 0 N–H and O–H groups in total. The standard InChI is InChI=1S/C5H11FN2O2S/c1-7-2-4-8(5-3-7)9-10-11-6/h2-5H2,1H3. The van der Waals surface area contributed by atoms with E-state index in [4.69, 9.17) is 0 Å². The average molecular weight is 182 g/mol. The summed E-state index contributed by atoms with van der Waals surface area (Å²) in [6.45, 7) is 3.33. The highest BCUT2D eigenvalue weighted by molar-refractivity contribution is 7.89. The third-order valence-corrected chi connectivity index (χ3v) is 1.74. The molecule has 0 aromatic carbocycles. The van der Waals surface area contributed by atoms with Crippen LogP contribution in [0.25, 0.3) is 0 Å². The molecule has 0 amide bonds. The van der Waals surface area contributed by atoms with Gasteiger partial charge in [0.25, 0.3) is 0 Å². The molecular formula is C5H11FN2O2S. The Morgan fingerprint density at radius 1 is 1.27 bits per heavy atom. The van der Waals surface area contributed by atoms with Crippen LogP contribution in [0, 0.1) is 0 Å². The van der Waals surface area contributed by atoms with Crippen LogP contribution in [0.15, 0.2) is 0 Å². The fourth-order valence-corrected chi connectivity index (χ4v) is 1.03. The van der Waals surface area contributed by atoms with Crippen molar-refractivity contribution >= 4 is 12.4 Å². The van der Waals surface area contributed by atoms with E-state index in [1.807, 2.05) is 7.05 Å². The molecular weight excluding hydrogens is 171 g/mol. The van der Waals surface area contributed by atoms with Crippen LogP contribution in [0.4, 0.5) is 3.89 Å². The lowest BCUT2D eigenvalue weighted by Crippen LogP contribution is -2.43. The molecule has 66 valence electrons. The van der Waals surface area contributed by atoms with E-state index >= 15 is 0 Å². The molecule has 1 heterocycles. The molecule has 0 aromatic rings. The zero-order chi connectivity index (χ0) is 8.10. The van der Waals surface area contributed by atoms with Gasteiger partial charge in [0.2, 0.25) is 12.4 Å². The molecule has 11 heavy (non-hydrogen) atoms. The molecule has 1 fully saturated rings. The number of hydrogen-bond donors (Lipinski definition) is 0. The lowest BCUT2D eigenvalue weighted by atomic mass is 10.4. The van der Waals surface area contributed by atoms with Gasteiger partial charge in [-0.15, -0.1) is 13.2 Å². The van der Waals surface area contributed by atoms with Crippen LogP contribution in [-0.4, -0.2) is 43.2 Å². The Balaban J connectivity index is 2.07. The third kappa shape index (κ3) is 3.35. The van der Waals surface area contributed by atoms with Crippen LogP contribution in [0.2, 0.25) is 0 Å². The summed E-state index contributed by atoms with van der Waals surface area (Å²) in [7, 11) is 2.03. The highest BCUT2D eigenvalue weighted by Gasteiger charge is 2.14. The van der Waals surface area contributed by atoms with E-state index in [1.165, 1.54) is 0 Å². The first-order valence-electron chi connectivity index (χ1n) is 3.38. The van der Waals surface area contributed by atoms with Crippen LogP contribution in [0.3, 0.4) is 0 Å². The van der Waals surface area contributed by atoms with Gasteiger partial charge in [0.15, 0.2) is 0 Å². The van der Waals surface area contributed by atoms with Crippen LogP contribution in [0.1, 0.15) is 0 Å². The van der Waals surface area contributed by atoms with E-state index in [2.05, 4.69) is 14.2 Å². The number of hydroxylamine groups is 2. The van der Waals surface area contributed by atoms with Gasteiger partial charge in [-0.2, -0.15) is 5.06 Å². The third-order valence-electron chi connectivity index (χ3n) is 1.62. The number of nitrogens with zero attached hydrogens (tertiary/aromatic N) is 2. The fraction of sp³-hybridized carbons (Fsp3) is 1.00. The summed E-state index contributed by atoms with van der Waals surface area (Å²) in [4.78, 5) is 6.74. The minimum Gasteiger partial charge on any atom is -0.304 e. The van der Waals surface area contributed by atoms with Gasteiger partial charge < -0.3 is 4.90 Å². The molecule has 0 saturated carbocycles. The molecule has 1 rings (SSSR count). The van der Waals surface area contributed by atoms with Gasteiger partial charge in [-0.05, 0) is 7.05 Å². The van der Waals surface area contributed by atoms with Crippen molar-refractivity contribution in [3.05, 3.63) is 0 Å². The number of likely N-dealkylation sites (N-methyl/N-ethyl adjacent to an activating group) is 1. The zero-order valence-electron chi connectivity index (χ0n) is 6.33. The van der Waals surface area contributed by atoms with Gasteiger partial charge in [0.05, 0.1) is 0 Å². The van der Waals surface area contributed by atoms with Crippen LogP contribution >= 0.6 is 12.4 Å². The zero-order valence-corrected chi connectivity index (χ0v) is 7.14. The Kier molecular flexibility index (Phi) is 4.09. The van der Waals surface area contributed by atoms with Gasteiger partial charge in [-0.3, -0.25) is 0 Å². The Labute approximate surface area is 69.6 Å². The Morgan fingerprint density at radius 2 is 1.91 bits per heavy atom. The second kappa shape index (κ2) is 4.89. The second-order valence-corrected chi connectivity index (χ2v) is 2.70. The van der Waals surface area contributed by atoms with Crippen LogP contribution < -0.4 is 0 Å². The van der Waals surface area contributed by atoms with E-state index in [0.29, 0.717) is 0 Å². The predicted octanol–water partition coefficient (Wildman–Crippen LogP) is 0.630. The molecule has 6 heteroatoms. The Bertz CT molecular complexity index is 108. The molecule has 0 aromatic heterocycles. The fourth-order valence-electron chi connectivity index (χ4n) is 0.917. The van der Waals surface area contributed by atoms with E-state index in [1.54, 1.807) is 5.06 Å². The molecule has 0 spiro atoms. The maximum Gasteiger partial charge on any atom is 0.243 e. The van der Waals surface area contributed by atoms with Crippen molar-refractivity contribution in [3.63, 3.8) is 0 Å². The molecule has 4 nitrogen and oxygen atoms in total. The van der Waals surface area contributed by atoms with Crippen molar-refractivity contribution in [1.82, 2.24) is 9.96 Å². The number of halogens is 1. The number of hydrogen-bond acceptors (Lipinski definition) is 5.